The molecule has 132 valence electrons. The van der Waals surface area contributed by atoms with Crippen LogP contribution in [0.15, 0.2) is 48.5 Å². The fourth-order valence-electron chi connectivity index (χ4n) is 2.28. The zero-order chi connectivity index (χ0) is 18.4. The predicted octanol–water partition coefficient (Wildman–Crippen LogP) is 3.96. The third kappa shape index (κ3) is 5.64. The van der Waals surface area contributed by atoms with E-state index in [0.29, 0.717) is 17.1 Å². The largest absolute Gasteiger partial charge is 0.484 e. The van der Waals surface area contributed by atoms with Gasteiger partial charge in [0.15, 0.2) is 6.61 Å². The average molecular weight is 340 g/mol. The minimum atomic E-state index is -0.294. The summed E-state index contributed by atoms with van der Waals surface area (Å²) < 4.78 is 5.53. The van der Waals surface area contributed by atoms with Crippen molar-refractivity contribution < 1.29 is 14.3 Å². The van der Waals surface area contributed by atoms with Crippen molar-refractivity contribution >= 4 is 23.2 Å². The van der Waals surface area contributed by atoms with Gasteiger partial charge in [-0.1, -0.05) is 45.0 Å². The first kappa shape index (κ1) is 18.5. The third-order valence-electron chi connectivity index (χ3n) is 3.60. The maximum atomic E-state index is 12.1. The molecule has 0 aliphatic rings. The summed E-state index contributed by atoms with van der Waals surface area (Å²) in [7, 11) is 0. The standard InChI is InChI=1S/C20H24N2O3/c1-14(23)21-17-7-5-6-8-18(17)22-19(24)13-25-16-11-9-15(10-12-16)20(2,3)4/h5-12H,13H2,1-4H3,(H,21,23)(H,22,24). The SMILES string of the molecule is CC(=O)Nc1ccccc1NC(=O)COc1ccc(C(C)(C)C)cc1. The average Bonchev–Trinajstić information content (AvgIpc) is 2.54. The summed E-state index contributed by atoms with van der Waals surface area (Å²) in [4.78, 5) is 23.3. The Balaban J connectivity index is 1.94. The molecule has 0 heterocycles. The second kappa shape index (κ2) is 7.83. The van der Waals surface area contributed by atoms with Crippen molar-refractivity contribution in [2.45, 2.75) is 33.1 Å². The van der Waals surface area contributed by atoms with Crippen LogP contribution in [0.4, 0.5) is 11.4 Å². The van der Waals surface area contributed by atoms with Gasteiger partial charge in [-0.3, -0.25) is 9.59 Å². The van der Waals surface area contributed by atoms with Crippen LogP contribution >= 0.6 is 0 Å². The molecule has 0 aliphatic carbocycles. The van der Waals surface area contributed by atoms with Crippen molar-refractivity contribution in [3.05, 3.63) is 54.1 Å². The number of hydrogen-bond acceptors (Lipinski definition) is 3. The van der Waals surface area contributed by atoms with Crippen molar-refractivity contribution in [3.63, 3.8) is 0 Å². The van der Waals surface area contributed by atoms with Crippen LogP contribution < -0.4 is 15.4 Å². The molecule has 0 spiro atoms. The molecule has 2 rings (SSSR count). The number of rotatable bonds is 5. The summed E-state index contributed by atoms with van der Waals surface area (Å²) in [5.41, 5.74) is 2.37. The number of nitrogens with one attached hydrogen (secondary N) is 2. The molecule has 25 heavy (non-hydrogen) atoms. The number of para-hydroxylation sites is 2. The number of benzene rings is 2. The van der Waals surface area contributed by atoms with Crippen molar-refractivity contribution in [2.75, 3.05) is 17.2 Å². The smallest absolute Gasteiger partial charge is 0.262 e. The Morgan fingerprint density at radius 3 is 2.00 bits per heavy atom. The number of ether oxygens (including phenoxy) is 1. The highest BCUT2D eigenvalue weighted by Gasteiger charge is 2.13. The maximum Gasteiger partial charge on any atom is 0.262 e. The Morgan fingerprint density at radius 2 is 1.48 bits per heavy atom. The molecule has 5 nitrogen and oxygen atoms in total. The lowest BCUT2D eigenvalue weighted by atomic mass is 9.87. The first-order valence-corrected chi connectivity index (χ1v) is 8.15. The van der Waals surface area contributed by atoms with E-state index in [9.17, 15) is 9.59 Å². The Bertz CT molecular complexity index is 746. The lowest BCUT2D eigenvalue weighted by Gasteiger charge is -2.19. The van der Waals surface area contributed by atoms with E-state index in [0.717, 1.165) is 0 Å². The van der Waals surface area contributed by atoms with E-state index >= 15 is 0 Å². The summed E-state index contributed by atoms with van der Waals surface area (Å²) in [6.07, 6.45) is 0. The normalized spacial score (nSPS) is 10.9. The first-order valence-electron chi connectivity index (χ1n) is 8.15. The van der Waals surface area contributed by atoms with Crippen LogP contribution in [0.5, 0.6) is 5.75 Å². The number of hydrogen-bond donors (Lipinski definition) is 2. The predicted molar refractivity (Wildman–Crippen MR) is 100 cm³/mol. The molecule has 2 amide bonds. The molecule has 0 atom stereocenters. The molecule has 0 saturated heterocycles. The maximum absolute atomic E-state index is 12.1. The molecule has 5 heteroatoms. The van der Waals surface area contributed by atoms with Gasteiger partial charge < -0.3 is 15.4 Å². The summed E-state index contributed by atoms with van der Waals surface area (Å²) in [5, 5.41) is 5.42. The minimum Gasteiger partial charge on any atom is -0.484 e. The first-order chi connectivity index (χ1) is 11.8. The fourth-order valence-corrected chi connectivity index (χ4v) is 2.28. The second-order valence-corrected chi connectivity index (χ2v) is 6.84. The molecule has 2 aromatic rings. The van der Waals surface area contributed by atoms with Gasteiger partial charge in [0.25, 0.3) is 5.91 Å². The van der Waals surface area contributed by atoms with Crippen molar-refractivity contribution in [2.24, 2.45) is 0 Å². The lowest BCUT2D eigenvalue weighted by molar-refractivity contribution is -0.118. The highest BCUT2D eigenvalue weighted by atomic mass is 16.5. The lowest BCUT2D eigenvalue weighted by Crippen LogP contribution is -2.21. The number of amides is 2. The molecule has 0 unspecified atom stereocenters. The van der Waals surface area contributed by atoms with E-state index in [1.165, 1.54) is 12.5 Å². The number of carbonyl (C=O) groups is 2. The zero-order valence-electron chi connectivity index (χ0n) is 15.1. The molecular weight excluding hydrogens is 316 g/mol. The Kier molecular flexibility index (Phi) is 5.80. The van der Waals surface area contributed by atoms with Crippen LogP contribution in [0.25, 0.3) is 0 Å². The van der Waals surface area contributed by atoms with Crippen LogP contribution in [0.2, 0.25) is 0 Å². The summed E-state index contributed by atoms with van der Waals surface area (Å²) >= 11 is 0. The quantitative estimate of drug-likeness (QED) is 0.866. The minimum absolute atomic E-state index is 0.0727. The molecule has 0 aromatic heterocycles. The Morgan fingerprint density at radius 1 is 0.920 bits per heavy atom. The van der Waals surface area contributed by atoms with Gasteiger partial charge in [0.1, 0.15) is 5.75 Å². The second-order valence-electron chi connectivity index (χ2n) is 6.84. The van der Waals surface area contributed by atoms with E-state index < -0.39 is 0 Å². The van der Waals surface area contributed by atoms with Crippen LogP contribution in [0.3, 0.4) is 0 Å². The van der Waals surface area contributed by atoms with Crippen molar-refractivity contribution in [1.29, 1.82) is 0 Å². The third-order valence-corrected chi connectivity index (χ3v) is 3.60. The van der Waals surface area contributed by atoms with Crippen LogP contribution in [-0.4, -0.2) is 18.4 Å². The molecule has 0 saturated carbocycles. The van der Waals surface area contributed by atoms with Gasteiger partial charge in [-0.15, -0.1) is 0 Å². The number of carbonyl (C=O) groups excluding carboxylic acids is 2. The number of anilines is 2. The van der Waals surface area contributed by atoms with E-state index in [-0.39, 0.29) is 23.8 Å². The highest BCUT2D eigenvalue weighted by Crippen LogP contribution is 2.24. The highest BCUT2D eigenvalue weighted by molar-refractivity contribution is 5.99. The van der Waals surface area contributed by atoms with Crippen molar-refractivity contribution in [3.8, 4) is 5.75 Å². The van der Waals surface area contributed by atoms with Gasteiger partial charge >= 0.3 is 0 Å². The van der Waals surface area contributed by atoms with Crippen LogP contribution in [0.1, 0.15) is 33.3 Å². The summed E-state index contributed by atoms with van der Waals surface area (Å²) in [6.45, 7) is 7.74. The van der Waals surface area contributed by atoms with E-state index in [1.807, 2.05) is 24.3 Å². The molecule has 0 bridgehead atoms. The van der Waals surface area contributed by atoms with Crippen LogP contribution in [-0.2, 0) is 15.0 Å². The summed E-state index contributed by atoms with van der Waals surface area (Å²) in [5.74, 6) is 0.146. The fraction of sp³-hybridized carbons (Fsp3) is 0.300. The Hall–Kier alpha value is -2.82. The molecule has 0 fully saturated rings. The van der Waals surface area contributed by atoms with E-state index in [1.54, 1.807) is 24.3 Å². The van der Waals surface area contributed by atoms with Gasteiger partial charge in [0.05, 0.1) is 11.4 Å². The summed E-state index contributed by atoms with van der Waals surface area (Å²) in [6, 6.07) is 14.7. The zero-order valence-corrected chi connectivity index (χ0v) is 15.1. The van der Waals surface area contributed by atoms with Gasteiger partial charge in [-0.25, -0.2) is 0 Å². The van der Waals surface area contributed by atoms with Gasteiger partial charge in [-0.2, -0.15) is 0 Å². The van der Waals surface area contributed by atoms with Crippen molar-refractivity contribution in [1.82, 2.24) is 0 Å². The van der Waals surface area contributed by atoms with E-state index in [4.69, 9.17) is 4.74 Å². The molecular formula is C20H24N2O3. The molecule has 0 radical (unpaired) electrons. The monoisotopic (exact) mass is 340 g/mol. The van der Waals surface area contributed by atoms with E-state index in [2.05, 4.69) is 31.4 Å². The molecule has 0 aliphatic heterocycles. The Labute approximate surface area is 148 Å². The van der Waals surface area contributed by atoms with Gasteiger partial charge in [0, 0.05) is 6.92 Å². The van der Waals surface area contributed by atoms with Crippen LogP contribution in [0, 0.1) is 0 Å². The molecule has 2 N–H and O–H groups in total. The van der Waals surface area contributed by atoms with Gasteiger partial charge in [-0.05, 0) is 35.2 Å². The molecule has 2 aromatic carbocycles. The van der Waals surface area contributed by atoms with Gasteiger partial charge in [0.2, 0.25) is 5.91 Å². The topological polar surface area (TPSA) is 67.4 Å².